The molecule has 2 heterocycles. The number of hydrogen-bond acceptors (Lipinski definition) is 3. The van der Waals surface area contributed by atoms with E-state index in [1.54, 1.807) is 11.3 Å². The zero-order valence-electron chi connectivity index (χ0n) is 11.1. The van der Waals surface area contributed by atoms with Crippen molar-refractivity contribution in [2.75, 3.05) is 6.54 Å². The van der Waals surface area contributed by atoms with Crippen LogP contribution in [0.1, 0.15) is 22.9 Å². The fourth-order valence-electron chi connectivity index (χ4n) is 2.39. The van der Waals surface area contributed by atoms with Crippen LogP contribution in [-0.2, 0) is 11.3 Å². The standard InChI is InChI=1S/C15H15ClN2OS/c1-10-8-20-9-12(10)7-18-14(19)6-17-15(18)11-2-4-13(16)5-3-11/h2-5,8-9,15,17H,6-7H2,1H3. The first-order valence-corrected chi connectivity index (χ1v) is 7.77. The highest BCUT2D eigenvalue weighted by molar-refractivity contribution is 7.08. The number of thiophene rings is 1. The molecule has 0 radical (unpaired) electrons. The Morgan fingerprint density at radius 3 is 2.75 bits per heavy atom. The van der Waals surface area contributed by atoms with Crippen LogP contribution in [-0.4, -0.2) is 17.4 Å². The van der Waals surface area contributed by atoms with Gasteiger partial charge in [-0.2, -0.15) is 11.3 Å². The quantitative estimate of drug-likeness (QED) is 0.943. The third-order valence-corrected chi connectivity index (χ3v) is 4.73. The molecule has 1 amide bonds. The smallest absolute Gasteiger partial charge is 0.238 e. The van der Waals surface area contributed by atoms with Crippen molar-refractivity contribution in [3.63, 3.8) is 0 Å². The van der Waals surface area contributed by atoms with Crippen molar-refractivity contribution < 1.29 is 4.79 Å². The van der Waals surface area contributed by atoms with Crippen LogP contribution >= 0.6 is 22.9 Å². The Bertz CT molecular complexity index is 623. The predicted molar refractivity (Wildman–Crippen MR) is 81.8 cm³/mol. The van der Waals surface area contributed by atoms with E-state index in [9.17, 15) is 4.79 Å². The van der Waals surface area contributed by atoms with E-state index in [2.05, 4.69) is 23.0 Å². The molecule has 0 bridgehead atoms. The lowest BCUT2D eigenvalue weighted by atomic mass is 10.1. The van der Waals surface area contributed by atoms with Crippen molar-refractivity contribution in [3.8, 4) is 0 Å². The average Bonchev–Trinajstić information content (AvgIpc) is 3.00. The molecule has 1 aromatic carbocycles. The Labute approximate surface area is 127 Å². The van der Waals surface area contributed by atoms with Gasteiger partial charge in [-0.1, -0.05) is 23.7 Å². The van der Waals surface area contributed by atoms with E-state index in [0.717, 1.165) is 5.56 Å². The highest BCUT2D eigenvalue weighted by Crippen LogP contribution is 2.27. The summed E-state index contributed by atoms with van der Waals surface area (Å²) in [7, 11) is 0. The van der Waals surface area contributed by atoms with Crippen LogP contribution in [0.15, 0.2) is 35.0 Å². The lowest BCUT2D eigenvalue weighted by Crippen LogP contribution is -2.29. The number of rotatable bonds is 3. The maximum Gasteiger partial charge on any atom is 0.238 e. The number of nitrogens with zero attached hydrogens (tertiary/aromatic N) is 1. The number of carbonyl (C=O) groups is 1. The summed E-state index contributed by atoms with van der Waals surface area (Å²) < 4.78 is 0. The molecule has 1 fully saturated rings. The Balaban J connectivity index is 1.85. The van der Waals surface area contributed by atoms with Crippen LogP contribution in [0.25, 0.3) is 0 Å². The first kappa shape index (κ1) is 13.6. The summed E-state index contributed by atoms with van der Waals surface area (Å²) >= 11 is 7.59. The summed E-state index contributed by atoms with van der Waals surface area (Å²) in [5.41, 5.74) is 3.52. The van der Waals surface area contributed by atoms with Crippen LogP contribution in [0, 0.1) is 6.92 Å². The Hall–Kier alpha value is -1.36. The highest BCUT2D eigenvalue weighted by atomic mass is 35.5. The average molecular weight is 307 g/mol. The van der Waals surface area contributed by atoms with Crippen molar-refractivity contribution in [2.45, 2.75) is 19.6 Å². The predicted octanol–water partition coefficient (Wildman–Crippen LogP) is 3.34. The topological polar surface area (TPSA) is 32.3 Å². The number of halogens is 1. The number of aryl methyl sites for hydroxylation is 1. The summed E-state index contributed by atoms with van der Waals surface area (Å²) in [5, 5.41) is 8.19. The second-order valence-electron chi connectivity index (χ2n) is 4.94. The first-order chi connectivity index (χ1) is 9.65. The van der Waals surface area contributed by atoms with Crippen LogP contribution in [0.5, 0.6) is 0 Å². The fourth-order valence-corrected chi connectivity index (χ4v) is 3.37. The van der Waals surface area contributed by atoms with E-state index in [0.29, 0.717) is 18.1 Å². The molecule has 104 valence electrons. The molecule has 1 aromatic heterocycles. The van der Waals surface area contributed by atoms with E-state index < -0.39 is 0 Å². The van der Waals surface area contributed by atoms with Crippen LogP contribution in [0.3, 0.4) is 0 Å². The molecular weight excluding hydrogens is 292 g/mol. The maximum absolute atomic E-state index is 12.1. The molecular formula is C15H15ClN2OS. The molecule has 0 saturated carbocycles. The van der Waals surface area contributed by atoms with Crippen molar-refractivity contribution in [1.82, 2.24) is 10.2 Å². The second kappa shape index (κ2) is 5.56. The van der Waals surface area contributed by atoms with Gasteiger partial charge in [-0.05, 0) is 46.5 Å². The summed E-state index contributed by atoms with van der Waals surface area (Å²) in [4.78, 5) is 14.0. The maximum atomic E-state index is 12.1. The molecule has 20 heavy (non-hydrogen) atoms. The SMILES string of the molecule is Cc1cscc1CN1C(=O)CNC1c1ccc(Cl)cc1. The Morgan fingerprint density at radius 1 is 1.35 bits per heavy atom. The van der Waals surface area contributed by atoms with Gasteiger partial charge in [-0.25, -0.2) is 0 Å². The van der Waals surface area contributed by atoms with Gasteiger partial charge >= 0.3 is 0 Å². The van der Waals surface area contributed by atoms with E-state index >= 15 is 0 Å². The Kier molecular flexibility index (Phi) is 3.78. The van der Waals surface area contributed by atoms with Gasteiger partial charge in [0.15, 0.2) is 0 Å². The van der Waals surface area contributed by atoms with Crippen molar-refractivity contribution >= 4 is 28.8 Å². The van der Waals surface area contributed by atoms with Crippen molar-refractivity contribution in [2.24, 2.45) is 0 Å². The second-order valence-corrected chi connectivity index (χ2v) is 6.12. The van der Waals surface area contributed by atoms with Crippen LogP contribution < -0.4 is 5.32 Å². The summed E-state index contributed by atoms with van der Waals surface area (Å²) in [5.74, 6) is 0.135. The van der Waals surface area contributed by atoms with Gasteiger partial charge in [-0.3, -0.25) is 10.1 Å². The highest BCUT2D eigenvalue weighted by Gasteiger charge is 2.31. The molecule has 1 saturated heterocycles. The molecule has 1 aliphatic heterocycles. The van der Waals surface area contributed by atoms with Gasteiger partial charge < -0.3 is 4.90 Å². The number of carbonyl (C=O) groups excluding carboxylic acids is 1. The first-order valence-electron chi connectivity index (χ1n) is 6.45. The van der Waals surface area contributed by atoms with Crippen molar-refractivity contribution in [3.05, 3.63) is 56.7 Å². The van der Waals surface area contributed by atoms with Gasteiger partial charge in [0.1, 0.15) is 6.17 Å². The molecule has 1 unspecified atom stereocenters. The largest absolute Gasteiger partial charge is 0.317 e. The molecule has 1 N–H and O–H groups in total. The number of nitrogens with one attached hydrogen (secondary N) is 1. The van der Waals surface area contributed by atoms with Gasteiger partial charge in [-0.15, -0.1) is 0 Å². The van der Waals surface area contributed by atoms with Crippen LogP contribution in [0.2, 0.25) is 5.02 Å². The fraction of sp³-hybridized carbons (Fsp3) is 0.267. The minimum atomic E-state index is -0.0703. The molecule has 3 rings (SSSR count). The zero-order chi connectivity index (χ0) is 14.1. The van der Waals surface area contributed by atoms with Gasteiger partial charge in [0.25, 0.3) is 0 Å². The number of hydrogen-bond donors (Lipinski definition) is 1. The minimum Gasteiger partial charge on any atom is -0.317 e. The lowest BCUT2D eigenvalue weighted by molar-refractivity contribution is -0.128. The van der Waals surface area contributed by atoms with Gasteiger partial charge in [0, 0.05) is 11.6 Å². The number of benzene rings is 1. The Morgan fingerprint density at radius 2 is 2.10 bits per heavy atom. The van der Waals surface area contributed by atoms with Crippen molar-refractivity contribution in [1.29, 1.82) is 0 Å². The van der Waals surface area contributed by atoms with E-state index in [1.165, 1.54) is 11.1 Å². The summed E-state index contributed by atoms with van der Waals surface area (Å²) in [6, 6.07) is 7.64. The van der Waals surface area contributed by atoms with Gasteiger partial charge in [0.05, 0.1) is 6.54 Å². The summed E-state index contributed by atoms with van der Waals surface area (Å²) in [6.45, 7) is 3.11. The summed E-state index contributed by atoms with van der Waals surface area (Å²) in [6.07, 6.45) is -0.0703. The molecule has 0 spiro atoms. The lowest BCUT2D eigenvalue weighted by Gasteiger charge is -2.24. The third-order valence-electron chi connectivity index (χ3n) is 3.57. The molecule has 1 atom stereocenters. The van der Waals surface area contributed by atoms with Crippen LogP contribution in [0.4, 0.5) is 0 Å². The van der Waals surface area contributed by atoms with E-state index in [4.69, 9.17) is 11.6 Å². The molecule has 3 nitrogen and oxygen atoms in total. The molecule has 1 aliphatic rings. The normalized spacial score (nSPS) is 18.8. The van der Waals surface area contributed by atoms with E-state index in [1.807, 2.05) is 29.2 Å². The van der Waals surface area contributed by atoms with Gasteiger partial charge in [0.2, 0.25) is 5.91 Å². The monoisotopic (exact) mass is 306 g/mol. The number of amides is 1. The zero-order valence-corrected chi connectivity index (χ0v) is 12.7. The molecule has 5 heteroatoms. The molecule has 0 aliphatic carbocycles. The van der Waals surface area contributed by atoms with E-state index in [-0.39, 0.29) is 12.1 Å². The molecule has 2 aromatic rings. The third kappa shape index (κ3) is 2.59. The minimum absolute atomic E-state index is 0.0703.